The summed E-state index contributed by atoms with van der Waals surface area (Å²) in [5.74, 6) is 0.975. The summed E-state index contributed by atoms with van der Waals surface area (Å²) in [5, 5.41) is 3.24. The second-order valence-corrected chi connectivity index (χ2v) is 11.1. The number of halogens is 1. The molecule has 31 heavy (non-hydrogen) atoms. The van der Waals surface area contributed by atoms with Gasteiger partial charge in [-0.15, -0.1) is 0 Å². The van der Waals surface area contributed by atoms with Crippen LogP contribution in [0.2, 0.25) is 0 Å². The number of imidazole rings is 1. The fourth-order valence-corrected chi connectivity index (χ4v) is 5.09. The van der Waals surface area contributed by atoms with Crippen molar-refractivity contribution in [1.29, 1.82) is 0 Å². The maximum Gasteiger partial charge on any atom is 0.209 e. The molecule has 2 aromatic carbocycles. The molecule has 0 aliphatic carbocycles. The summed E-state index contributed by atoms with van der Waals surface area (Å²) < 4.78 is 34.9. The highest BCUT2D eigenvalue weighted by Gasteiger charge is 2.24. The molecule has 8 heteroatoms. The van der Waals surface area contributed by atoms with Gasteiger partial charge in [0.2, 0.25) is 5.95 Å². The Balaban J connectivity index is 1.60. The van der Waals surface area contributed by atoms with Crippen molar-refractivity contribution in [3.05, 3.63) is 71.9 Å². The molecule has 2 aromatic heterocycles. The number of nitrogens with one attached hydrogen (secondary N) is 1. The van der Waals surface area contributed by atoms with E-state index in [1.165, 1.54) is 6.07 Å². The van der Waals surface area contributed by atoms with E-state index >= 15 is 0 Å². The van der Waals surface area contributed by atoms with Crippen LogP contribution in [0.4, 0.5) is 10.3 Å². The minimum atomic E-state index is -2.64. The predicted octanol–water partition coefficient (Wildman–Crippen LogP) is 4.33. The SMILES string of the molecule is CP(C)(=O)c1ncn2c(NCc3c(F)ccc4c3CCO4)ncc(-c3ccccc3)c12. The smallest absolute Gasteiger partial charge is 0.209 e. The van der Waals surface area contributed by atoms with Crippen molar-refractivity contribution in [2.45, 2.75) is 13.0 Å². The molecule has 4 aromatic rings. The molecule has 1 N–H and O–H groups in total. The molecule has 3 heterocycles. The van der Waals surface area contributed by atoms with Crippen molar-refractivity contribution in [3.8, 4) is 16.9 Å². The summed E-state index contributed by atoms with van der Waals surface area (Å²) in [5.41, 5.74) is 4.58. The molecular formula is C23H22FN4O2P. The van der Waals surface area contributed by atoms with Crippen LogP contribution in [-0.4, -0.2) is 34.3 Å². The van der Waals surface area contributed by atoms with Crippen molar-refractivity contribution in [1.82, 2.24) is 14.4 Å². The Morgan fingerprint density at radius 3 is 2.74 bits per heavy atom. The van der Waals surface area contributed by atoms with Gasteiger partial charge in [0.15, 0.2) is 0 Å². The van der Waals surface area contributed by atoms with E-state index in [9.17, 15) is 8.96 Å². The number of fused-ring (bicyclic) bond motifs is 2. The average molecular weight is 436 g/mol. The number of hydrogen-bond acceptors (Lipinski definition) is 5. The summed E-state index contributed by atoms with van der Waals surface area (Å²) in [4.78, 5) is 9.05. The van der Waals surface area contributed by atoms with E-state index in [1.807, 2.05) is 30.3 Å². The van der Waals surface area contributed by atoms with E-state index in [1.54, 1.807) is 36.3 Å². The van der Waals surface area contributed by atoms with Crippen LogP contribution in [0.1, 0.15) is 11.1 Å². The van der Waals surface area contributed by atoms with Gasteiger partial charge in [0.1, 0.15) is 30.5 Å². The largest absolute Gasteiger partial charge is 0.493 e. The quantitative estimate of drug-likeness (QED) is 0.472. The number of benzene rings is 2. The fourth-order valence-electron chi connectivity index (χ4n) is 4.03. The first-order valence-corrected chi connectivity index (χ1v) is 12.7. The van der Waals surface area contributed by atoms with E-state index in [0.29, 0.717) is 30.0 Å². The van der Waals surface area contributed by atoms with Crippen LogP contribution in [0.3, 0.4) is 0 Å². The second kappa shape index (κ2) is 7.50. The molecule has 0 fully saturated rings. The van der Waals surface area contributed by atoms with Gasteiger partial charge in [0, 0.05) is 35.9 Å². The standard InChI is InChI=1S/C23H22FN4O2P/c1-31(2,29)22-21-17(15-6-4-3-5-7-15)12-25-23(28(21)14-27-22)26-13-18-16-10-11-30-20(16)9-8-19(18)24/h3-9,12,14H,10-11,13H2,1-2H3,(H,25,26). The first-order chi connectivity index (χ1) is 14.9. The van der Waals surface area contributed by atoms with Crippen LogP contribution in [0.5, 0.6) is 5.75 Å². The van der Waals surface area contributed by atoms with Crippen molar-refractivity contribution in [2.75, 3.05) is 25.3 Å². The van der Waals surface area contributed by atoms with E-state index in [0.717, 1.165) is 28.0 Å². The van der Waals surface area contributed by atoms with Gasteiger partial charge in [0.05, 0.1) is 12.1 Å². The lowest BCUT2D eigenvalue weighted by molar-refractivity contribution is 0.356. The molecule has 5 rings (SSSR count). The Labute approximate surface area is 179 Å². The van der Waals surface area contributed by atoms with E-state index < -0.39 is 7.14 Å². The second-order valence-electron chi connectivity index (χ2n) is 7.95. The predicted molar refractivity (Wildman–Crippen MR) is 120 cm³/mol. The minimum Gasteiger partial charge on any atom is -0.493 e. The van der Waals surface area contributed by atoms with Crippen LogP contribution in [0, 0.1) is 5.82 Å². The van der Waals surface area contributed by atoms with Crippen molar-refractivity contribution in [2.24, 2.45) is 0 Å². The molecular weight excluding hydrogens is 414 g/mol. The van der Waals surface area contributed by atoms with E-state index in [2.05, 4.69) is 15.3 Å². The summed E-state index contributed by atoms with van der Waals surface area (Å²) in [6.45, 7) is 4.24. The van der Waals surface area contributed by atoms with Crippen molar-refractivity contribution < 1.29 is 13.7 Å². The van der Waals surface area contributed by atoms with Crippen LogP contribution in [-0.2, 0) is 17.5 Å². The third kappa shape index (κ3) is 3.49. The van der Waals surface area contributed by atoms with Crippen LogP contribution in [0.15, 0.2) is 55.0 Å². The molecule has 0 spiro atoms. The maximum atomic E-state index is 14.5. The van der Waals surface area contributed by atoms with Crippen LogP contribution in [0.25, 0.3) is 16.6 Å². The maximum absolute atomic E-state index is 14.5. The normalized spacial score (nSPS) is 13.3. The molecule has 0 unspecified atom stereocenters. The molecule has 6 nitrogen and oxygen atoms in total. The first kappa shape index (κ1) is 19.8. The molecule has 1 aliphatic rings. The van der Waals surface area contributed by atoms with Gasteiger partial charge >= 0.3 is 0 Å². The Morgan fingerprint density at radius 1 is 1.16 bits per heavy atom. The van der Waals surface area contributed by atoms with Gasteiger partial charge < -0.3 is 14.6 Å². The Morgan fingerprint density at radius 2 is 1.97 bits per heavy atom. The first-order valence-electron chi connectivity index (χ1n) is 10.1. The summed E-state index contributed by atoms with van der Waals surface area (Å²) >= 11 is 0. The Hall–Kier alpha value is -3.18. The number of nitrogens with zero attached hydrogens (tertiary/aromatic N) is 3. The highest BCUT2D eigenvalue weighted by molar-refractivity contribution is 7.70. The zero-order valence-electron chi connectivity index (χ0n) is 17.3. The van der Waals surface area contributed by atoms with E-state index in [4.69, 9.17) is 4.74 Å². The monoisotopic (exact) mass is 436 g/mol. The van der Waals surface area contributed by atoms with Gasteiger partial charge in [-0.25, -0.2) is 14.4 Å². The third-order valence-electron chi connectivity index (χ3n) is 5.51. The third-order valence-corrected chi connectivity index (χ3v) is 6.85. The molecule has 0 amide bonds. The molecule has 1 aliphatic heterocycles. The number of hydrogen-bond donors (Lipinski definition) is 1. The Bertz CT molecular complexity index is 1330. The zero-order valence-corrected chi connectivity index (χ0v) is 18.2. The minimum absolute atomic E-state index is 0.259. The molecule has 158 valence electrons. The number of rotatable bonds is 5. The van der Waals surface area contributed by atoms with Gasteiger partial charge in [-0.05, 0) is 31.0 Å². The lowest BCUT2D eigenvalue weighted by Gasteiger charge is -2.14. The molecule has 0 saturated carbocycles. The highest BCUT2D eigenvalue weighted by atomic mass is 31.2. The summed E-state index contributed by atoms with van der Waals surface area (Å²) in [7, 11) is -2.64. The summed E-state index contributed by atoms with van der Waals surface area (Å²) in [6.07, 6.45) is 4.06. The Kier molecular flexibility index (Phi) is 4.78. The summed E-state index contributed by atoms with van der Waals surface area (Å²) in [6, 6.07) is 12.9. The average Bonchev–Trinajstić information content (AvgIpc) is 3.41. The van der Waals surface area contributed by atoms with Crippen LogP contribution < -0.4 is 15.5 Å². The number of anilines is 1. The molecule has 0 atom stereocenters. The van der Waals surface area contributed by atoms with Gasteiger partial charge in [-0.2, -0.15) is 0 Å². The van der Waals surface area contributed by atoms with Crippen molar-refractivity contribution >= 4 is 24.0 Å². The lowest BCUT2D eigenvalue weighted by atomic mass is 10.0. The van der Waals surface area contributed by atoms with E-state index in [-0.39, 0.29) is 12.4 Å². The zero-order chi connectivity index (χ0) is 21.6. The highest BCUT2D eigenvalue weighted by Crippen LogP contribution is 2.38. The molecule has 0 saturated heterocycles. The molecule has 0 bridgehead atoms. The van der Waals surface area contributed by atoms with Gasteiger partial charge in [-0.3, -0.25) is 4.40 Å². The molecule has 0 radical (unpaired) electrons. The van der Waals surface area contributed by atoms with Gasteiger partial charge in [-0.1, -0.05) is 30.3 Å². The van der Waals surface area contributed by atoms with Crippen molar-refractivity contribution in [3.63, 3.8) is 0 Å². The lowest BCUT2D eigenvalue weighted by Crippen LogP contribution is -2.12. The fraction of sp³-hybridized carbons (Fsp3) is 0.217. The topological polar surface area (TPSA) is 68.5 Å². The number of aromatic nitrogens is 3. The van der Waals surface area contributed by atoms with Gasteiger partial charge in [0.25, 0.3) is 0 Å². The number of ether oxygens (including phenoxy) is 1. The van der Waals surface area contributed by atoms with Crippen LogP contribution >= 0.6 is 7.14 Å².